The van der Waals surface area contributed by atoms with Gasteiger partial charge in [0.25, 0.3) is 11.8 Å². The average Bonchev–Trinajstić information content (AvgIpc) is 3.06. The number of aliphatic hydroxyl groups is 1. The van der Waals surface area contributed by atoms with Gasteiger partial charge in [0.2, 0.25) is 0 Å². The molecule has 0 aliphatic heterocycles. The molecule has 3 aromatic rings. The third-order valence-corrected chi connectivity index (χ3v) is 8.07. The highest BCUT2D eigenvalue weighted by Crippen LogP contribution is 2.41. The van der Waals surface area contributed by atoms with E-state index in [-0.39, 0.29) is 23.8 Å². The van der Waals surface area contributed by atoms with Crippen LogP contribution in [0.2, 0.25) is 0 Å². The molecule has 3 N–H and O–H groups in total. The molecule has 3 unspecified atom stereocenters. The third-order valence-electron chi connectivity index (χ3n) is 7.26. The molecule has 0 bridgehead atoms. The summed E-state index contributed by atoms with van der Waals surface area (Å²) in [5, 5.41) is 22.3. The molecule has 11 heteroatoms. The maximum Gasteiger partial charge on any atom is 0.304 e. The van der Waals surface area contributed by atoms with Crippen molar-refractivity contribution in [1.82, 2.24) is 10.2 Å². The Bertz CT molecular complexity index is 1460. The Balaban J connectivity index is 1.98. The summed E-state index contributed by atoms with van der Waals surface area (Å²) in [4.78, 5) is 45.0. The van der Waals surface area contributed by atoms with Crippen LogP contribution in [-0.4, -0.2) is 64.3 Å². The van der Waals surface area contributed by atoms with Crippen molar-refractivity contribution in [2.45, 2.75) is 50.9 Å². The van der Waals surface area contributed by atoms with Gasteiger partial charge >= 0.3 is 5.97 Å². The van der Waals surface area contributed by atoms with Crippen molar-refractivity contribution in [3.05, 3.63) is 102 Å². The van der Waals surface area contributed by atoms with E-state index in [1.807, 2.05) is 13.8 Å². The van der Waals surface area contributed by atoms with Gasteiger partial charge < -0.3 is 25.2 Å². The Morgan fingerprint density at radius 2 is 1.53 bits per heavy atom. The SMILES string of the molecule is CCCN(CCC)C(=O)c1cccc(C(=O)NC(CC(O)(P=O)C(CC(=O)O)C(=Nc2ccccc2)OC)c2ccccc2)c1. The third kappa shape index (κ3) is 9.80. The molecule has 238 valence electrons. The van der Waals surface area contributed by atoms with Gasteiger partial charge in [0.1, 0.15) is 0 Å². The zero-order valence-electron chi connectivity index (χ0n) is 25.8. The lowest BCUT2D eigenvalue weighted by Crippen LogP contribution is -2.43. The van der Waals surface area contributed by atoms with Crippen molar-refractivity contribution in [3.63, 3.8) is 0 Å². The Hall–Kier alpha value is -4.40. The summed E-state index contributed by atoms with van der Waals surface area (Å²) in [6.45, 7) is 5.19. The molecular formula is C34H40N3O7P. The first-order chi connectivity index (χ1) is 21.6. The van der Waals surface area contributed by atoms with Crippen LogP contribution >= 0.6 is 8.46 Å². The van der Waals surface area contributed by atoms with Gasteiger partial charge in [-0.25, -0.2) is 4.99 Å². The maximum atomic E-state index is 13.6. The molecular weight excluding hydrogens is 593 g/mol. The molecule has 0 saturated heterocycles. The Morgan fingerprint density at radius 1 is 0.933 bits per heavy atom. The van der Waals surface area contributed by atoms with Crippen LogP contribution in [0.15, 0.2) is 89.9 Å². The van der Waals surface area contributed by atoms with Crippen LogP contribution in [0.25, 0.3) is 0 Å². The van der Waals surface area contributed by atoms with Crippen LogP contribution in [-0.2, 0) is 14.1 Å². The number of hydrogen-bond donors (Lipinski definition) is 3. The van der Waals surface area contributed by atoms with Crippen molar-refractivity contribution in [2.24, 2.45) is 10.9 Å². The van der Waals surface area contributed by atoms with Gasteiger partial charge in [0.05, 0.1) is 31.2 Å². The molecule has 0 fully saturated rings. The van der Waals surface area contributed by atoms with Crippen LogP contribution in [0, 0.1) is 5.92 Å². The van der Waals surface area contributed by atoms with Crippen molar-refractivity contribution >= 4 is 37.8 Å². The number of hydrogen-bond acceptors (Lipinski definition) is 7. The van der Waals surface area contributed by atoms with E-state index in [2.05, 4.69) is 10.3 Å². The van der Waals surface area contributed by atoms with E-state index in [4.69, 9.17) is 4.74 Å². The number of amides is 2. The van der Waals surface area contributed by atoms with E-state index in [0.717, 1.165) is 12.8 Å². The van der Waals surface area contributed by atoms with E-state index >= 15 is 0 Å². The number of carbonyl (C=O) groups excluding carboxylic acids is 2. The first kappa shape index (κ1) is 35.1. The smallest absolute Gasteiger partial charge is 0.304 e. The van der Waals surface area contributed by atoms with E-state index in [0.29, 0.717) is 29.9 Å². The minimum absolute atomic E-state index is 0.123. The number of aliphatic imine (C=N–C) groups is 1. The number of para-hydroxylation sites is 1. The first-order valence-electron chi connectivity index (χ1n) is 14.9. The minimum Gasteiger partial charge on any atom is -0.484 e. The van der Waals surface area contributed by atoms with E-state index in [9.17, 15) is 29.2 Å². The monoisotopic (exact) mass is 633 g/mol. The Labute approximate surface area is 265 Å². The van der Waals surface area contributed by atoms with Crippen LogP contribution in [0.4, 0.5) is 5.69 Å². The van der Waals surface area contributed by atoms with Gasteiger partial charge in [-0.05, 0) is 48.7 Å². The van der Waals surface area contributed by atoms with Gasteiger partial charge in [-0.2, -0.15) is 0 Å². The predicted molar refractivity (Wildman–Crippen MR) is 173 cm³/mol. The Morgan fingerprint density at radius 3 is 2.09 bits per heavy atom. The van der Waals surface area contributed by atoms with Crippen molar-refractivity contribution in [2.75, 3.05) is 20.2 Å². The molecule has 3 atom stereocenters. The number of benzene rings is 3. The van der Waals surface area contributed by atoms with Crippen molar-refractivity contribution < 1.29 is 33.9 Å². The van der Waals surface area contributed by atoms with Gasteiger partial charge in [0.15, 0.2) is 19.7 Å². The van der Waals surface area contributed by atoms with Gasteiger partial charge in [0, 0.05) is 30.6 Å². The molecule has 45 heavy (non-hydrogen) atoms. The summed E-state index contributed by atoms with van der Waals surface area (Å²) >= 11 is 0. The normalized spacial score (nSPS) is 14.2. The highest BCUT2D eigenvalue weighted by Gasteiger charge is 2.45. The lowest BCUT2D eigenvalue weighted by molar-refractivity contribution is -0.139. The summed E-state index contributed by atoms with van der Waals surface area (Å²) in [6.07, 6.45) is 0.617. The number of nitrogens with zero attached hydrogens (tertiary/aromatic N) is 2. The lowest BCUT2D eigenvalue weighted by Gasteiger charge is -2.33. The molecule has 2 amide bonds. The van der Waals surface area contributed by atoms with Crippen LogP contribution in [0.1, 0.15) is 71.9 Å². The summed E-state index contributed by atoms with van der Waals surface area (Å²) in [7, 11) is 0.513. The second-order valence-electron chi connectivity index (χ2n) is 10.6. The molecule has 0 heterocycles. The number of carboxylic acids is 1. The van der Waals surface area contributed by atoms with Crippen LogP contribution in [0.3, 0.4) is 0 Å². The van der Waals surface area contributed by atoms with Crippen molar-refractivity contribution in [3.8, 4) is 0 Å². The van der Waals surface area contributed by atoms with E-state index in [1.54, 1.807) is 83.8 Å². The zero-order chi connectivity index (χ0) is 32.8. The minimum atomic E-state index is -2.21. The summed E-state index contributed by atoms with van der Waals surface area (Å²) in [6, 6.07) is 22.9. The number of carboxylic acid groups (broad SMARTS) is 1. The zero-order valence-corrected chi connectivity index (χ0v) is 26.7. The quantitative estimate of drug-likeness (QED) is 0.0959. The molecule has 0 radical (unpaired) electrons. The van der Waals surface area contributed by atoms with Gasteiger partial charge in [-0.15, -0.1) is 0 Å². The number of methoxy groups -OCH3 is 1. The Kier molecular flexibility index (Phi) is 13.4. The molecule has 0 aliphatic rings. The average molecular weight is 634 g/mol. The van der Waals surface area contributed by atoms with E-state index < -0.39 is 44.1 Å². The predicted octanol–water partition coefficient (Wildman–Crippen LogP) is 6.26. The van der Waals surface area contributed by atoms with Gasteiger partial charge in [-0.3, -0.25) is 18.9 Å². The van der Waals surface area contributed by atoms with E-state index in [1.165, 1.54) is 13.2 Å². The fraction of sp³-hybridized carbons (Fsp3) is 0.353. The topological polar surface area (TPSA) is 146 Å². The fourth-order valence-electron chi connectivity index (χ4n) is 5.07. The summed E-state index contributed by atoms with van der Waals surface area (Å²) in [5.41, 5.74) is 1.64. The molecule has 0 spiro atoms. The number of ether oxygens (including phenoxy) is 1. The standard InChI is InChI=1S/C34H40N3O7P/c1-4-19-37(20-5-2)33(41)26-16-12-15-25(21-26)31(40)36-29(24-13-8-6-9-14-24)23-34(42,45-43)28(22-30(38)39)32(44-3)35-27-17-10-7-11-18-27/h6-18,21,28-29,42H,4-5,19-20,22-23H2,1-3H3,(H,36,40)(H,38,39). The van der Waals surface area contributed by atoms with Crippen molar-refractivity contribution in [1.29, 1.82) is 0 Å². The molecule has 0 aromatic heterocycles. The number of aliphatic carboxylic acids is 1. The molecule has 0 saturated carbocycles. The summed E-state index contributed by atoms with van der Waals surface area (Å²) in [5.74, 6) is -3.43. The summed E-state index contributed by atoms with van der Waals surface area (Å²) < 4.78 is 18.2. The second kappa shape index (κ2) is 17.2. The fourth-order valence-corrected chi connectivity index (χ4v) is 5.66. The van der Waals surface area contributed by atoms with Gasteiger partial charge in [-0.1, -0.05) is 68.4 Å². The highest BCUT2D eigenvalue weighted by atomic mass is 31.1. The number of rotatable bonds is 16. The number of nitrogens with one attached hydrogen (secondary N) is 1. The molecule has 3 aromatic carbocycles. The molecule has 3 rings (SSSR count). The van der Waals surface area contributed by atoms with Crippen LogP contribution in [0.5, 0.6) is 0 Å². The first-order valence-corrected chi connectivity index (χ1v) is 15.7. The number of carbonyl (C=O) groups is 3. The largest absolute Gasteiger partial charge is 0.484 e. The molecule has 10 nitrogen and oxygen atoms in total. The highest BCUT2D eigenvalue weighted by molar-refractivity contribution is 7.25. The maximum absolute atomic E-state index is 13.6. The van der Waals surface area contributed by atoms with Crippen LogP contribution < -0.4 is 5.32 Å². The molecule has 0 aliphatic carbocycles. The second-order valence-corrected chi connectivity index (χ2v) is 11.6. The lowest BCUT2D eigenvalue weighted by atomic mass is 9.89.